The Morgan fingerprint density at radius 1 is 1.00 bits per heavy atom. The van der Waals surface area contributed by atoms with Crippen molar-refractivity contribution < 1.29 is 22.7 Å². The Balaban J connectivity index is 1.35. The number of carbonyl (C=O) groups is 2. The number of hydrogen-bond donors (Lipinski definition) is 0. The van der Waals surface area contributed by atoms with E-state index in [0.29, 0.717) is 29.8 Å². The summed E-state index contributed by atoms with van der Waals surface area (Å²) in [5, 5.41) is 0. The van der Waals surface area contributed by atoms with Crippen LogP contribution in [0.25, 0.3) is 11.0 Å². The van der Waals surface area contributed by atoms with Crippen molar-refractivity contribution in [3.05, 3.63) is 65.5 Å². The topological polar surface area (TPSA) is 107 Å². The largest absolute Gasteiger partial charge is 0.459 e. The van der Waals surface area contributed by atoms with Crippen LogP contribution in [0.3, 0.4) is 0 Å². The normalized spacial score (nSPS) is 15.5. The molecular weight excluding hydrogens is 442 g/mol. The molecule has 9 heteroatoms. The Morgan fingerprint density at radius 3 is 2.21 bits per heavy atom. The number of nitrogens with zero attached hydrogens (tertiary/aromatic N) is 3. The van der Waals surface area contributed by atoms with Crippen molar-refractivity contribution in [1.29, 1.82) is 0 Å². The first kappa shape index (κ1) is 23.0. The van der Waals surface area contributed by atoms with E-state index in [2.05, 4.69) is 9.97 Å². The van der Waals surface area contributed by atoms with Crippen LogP contribution in [-0.4, -0.2) is 47.5 Å². The fourth-order valence-corrected chi connectivity index (χ4v) is 5.33. The second-order valence-electron chi connectivity index (χ2n) is 8.11. The number of aryl methyl sites for hydroxylation is 1. The summed E-state index contributed by atoms with van der Waals surface area (Å²) in [4.78, 5) is 33.2. The summed E-state index contributed by atoms with van der Waals surface area (Å²) in [6.45, 7) is 3.75. The molecule has 8 nitrogen and oxygen atoms in total. The number of benzene rings is 2. The second-order valence-corrected chi connectivity index (χ2v) is 10.0. The first-order valence-electron chi connectivity index (χ1n) is 10.8. The number of piperidine rings is 1. The molecule has 2 heterocycles. The van der Waals surface area contributed by atoms with E-state index < -0.39 is 10.0 Å². The van der Waals surface area contributed by atoms with E-state index in [-0.39, 0.29) is 42.3 Å². The van der Waals surface area contributed by atoms with Crippen LogP contribution in [0.2, 0.25) is 0 Å². The molecule has 0 atom stereocenters. The maximum absolute atomic E-state index is 12.9. The highest BCUT2D eigenvalue weighted by Crippen LogP contribution is 2.25. The average Bonchev–Trinajstić information content (AvgIpc) is 2.82. The zero-order chi connectivity index (χ0) is 23.6. The Bertz CT molecular complexity index is 1300. The highest BCUT2D eigenvalue weighted by atomic mass is 32.2. The van der Waals surface area contributed by atoms with E-state index in [1.807, 2.05) is 31.2 Å². The van der Waals surface area contributed by atoms with Crippen molar-refractivity contribution in [1.82, 2.24) is 14.3 Å². The molecule has 1 saturated heterocycles. The van der Waals surface area contributed by atoms with E-state index >= 15 is 0 Å². The van der Waals surface area contributed by atoms with Crippen LogP contribution < -0.4 is 0 Å². The summed E-state index contributed by atoms with van der Waals surface area (Å²) in [6.07, 6.45) is 0.762. The van der Waals surface area contributed by atoms with Gasteiger partial charge in [-0.05, 0) is 51.0 Å². The second kappa shape index (κ2) is 9.36. The van der Waals surface area contributed by atoms with Crippen molar-refractivity contribution in [3.63, 3.8) is 0 Å². The molecule has 33 heavy (non-hydrogen) atoms. The lowest BCUT2D eigenvalue weighted by molar-refractivity contribution is -0.151. The van der Waals surface area contributed by atoms with Crippen LogP contribution in [-0.2, 0) is 26.2 Å². The van der Waals surface area contributed by atoms with E-state index in [1.54, 1.807) is 0 Å². The summed E-state index contributed by atoms with van der Waals surface area (Å²) in [6, 6.07) is 13.4. The molecule has 4 rings (SSSR count). The van der Waals surface area contributed by atoms with E-state index in [4.69, 9.17) is 4.74 Å². The number of ether oxygens (including phenoxy) is 1. The molecular formula is C24H25N3O5S. The number of para-hydroxylation sites is 2. The van der Waals surface area contributed by atoms with Crippen LogP contribution in [0.5, 0.6) is 0 Å². The van der Waals surface area contributed by atoms with Gasteiger partial charge in [0.15, 0.2) is 5.78 Å². The molecule has 1 aliphatic heterocycles. The van der Waals surface area contributed by atoms with Crippen LogP contribution in [0.4, 0.5) is 0 Å². The Labute approximate surface area is 192 Å². The first-order chi connectivity index (χ1) is 15.8. The molecule has 0 bridgehead atoms. The fraction of sp³-hybridized carbons (Fsp3) is 0.333. The van der Waals surface area contributed by atoms with Crippen LogP contribution in [0.15, 0.2) is 53.4 Å². The molecule has 0 N–H and O–H groups in total. The maximum Gasteiger partial charge on any atom is 0.309 e. The molecule has 3 aromatic rings. The minimum atomic E-state index is -3.68. The van der Waals surface area contributed by atoms with Gasteiger partial charge in [-0.25, -0.2) is 18.4 Å². The standard InChI is InChI=1S/C24H25N3O5S/c1-16-23(26-22-6-4-3-5-21(22)25-16)15-32-24(29)19-11-13-27(14-12-19)33(30,31)20-9-7-18(8-10-20)17(2)28/h3-10,19H,11-15H2,1-2H3. The summed E-state index contributed by atoms with van der Waals surface area (Å²) < 4.78 is 32.7. The van der Waals surface area contributed by atoms with E-state index in [9.17, 15) is 18.0 Å². The molecule has 0 saturated carbocycles. The lowest BCUT2D eigenvalue weighted by Crippen LogP contribution is -2.40. The van der Waals surface area contributed by atoms with Gasteiger partial charge >= 0.3 is 5.97 Å². The van der Waals surface area contributed by atoms with Crippen LogP contribution >= 0.6 is 0 Å². The van der Waals surface area contributed by atoms with Gasteiger partial charge < -0.3 is 4.74 Å². The van der Waals surface area contributed by atoms with Crippen molar-refractivity contribution >= 4 is 32.8 Å². The van der Waals surface area contributed by atoms with Gasteiger partial charge in [0, 0.05) is 18.7 Å². The number of esters is 1. The monoisotopic (exact) mass is 467 g/mol. The Hall–Kier alpha value is -3.17. The summed E-state index contributed by atoms with van der Waals surface area (Å²) in [7, 11) is -3.68. The van der Waals surface area contributed by atoms with Gasteiger partial charge in [-0.1, -0.05) is 24.3 Å². The molecule has 0 unspecified atom stereocenters. The van der Waals surface area contributed by atoms with Crippen molar-refractivity contribution in [3.8, 4) is 0 Å². The van der Waals surface area contributed by atoms with Gasteiger partial charge in [0.25, 0.3) is 0 Å². The molecule has 0 amide bonds. The Kier molecular flexibility index (Phi) is 6.53. The molecule has 0 spiro atoms. The minimum Gasteiger partial charge on any atom is -0.459 e. The number of rotatable bonds is 6. The lowest BCUT2D eigenvalue weighted by Gasteiger charge is -2.30. The van der Waals surface area contributed by atoms with Gasteiger partial charge in [0.05, 0.1) is 33.2 Å². The average molecular weight is 468 g/mol. The van der Waals surface area contributed by atoms with Crippen molar-refractivity contribution in [2.75, 3.05) is 13.1 Å². The number of aromatic nitrogens is 2. The van der Waals surface area contributed by atoms with Gasteiger partial charge in [0.1, 0.15) is 6.61 Å². The highest BCUT2D eigenvalue weighted by molar-refractivity contribution is 7.89. The molecule has 1 fully saturated rings. The highest BCUT2D eigenvalue weighted by Gasteiger charge is 2.33. The predicted octanol–water partition coefficient (Wildman–Crippen LogP) is 3.28. The predicted molar refractivity (Wildman–Crippen MR) is 122 cm³/mol. The van der Waals surface area contributed by atoms with Crippen LogP contribution in [0.1, 0.15) is 41.5 Å². The van der Waals surface area contributed by atoms with Gasteiger partial charge in [0.2, 0.25) is 10.0 Å². The fourth-order valence-electron chi connectivity index (χ4n) is 3.86. The number of hydrogen-bond acceptors (Lipinski definition) is 7. The number of carbonyl (C=O) groups excluding carboxylic acids is 2. The third-order valence-electron chi connectivity index (χ3n) is 5.88. The first-order valence-corrected chi connectivity index (χ1v) is 12.2. The zero-order valence-electron chi connectivity index (χ0n) is 18.5. The number of sulfonamides is 1. The molecule has 2 aromatic carbocycles. The van der Waals surface area contributed by atoms with Crippen molar-refractivity contribution in [2.24, 2.45) is 5.92 Å². The minimum absolute atomic E-state index is 0.0313. The zero-order valence-corrected chi connectivity index (χ0v) is 19.3. The Morgan fingerprint density at radius 2 is 1.61 bits per heavy atom. The molecule has 172 valence electrons. The van der Waals surface area contributed by atoms with E-state index in [1.165, 1.54) is 35.5 Å². The third kappa shape index (κ3) is 4.94. The lowest BCUT2D eigenvalue weighted by atomic mass is 9.98. The number of fused-ring (bicyclic) bond motifs is 1. The summed E-state index contributed by atoms with van der Waals surface area (Å²) in [5.74, 6) is -0.847. The SMILES string of the molecule is CC(=O)c1ccc(S(=O)(=O)N2CCC(C(=O)OCc3nc4ccccc4nc3C)CC2)cc1. The molecule has 0 radical (unpaired) electrons. The molecule has 0 aliphatic carbocycles. The maximum atomic E-state index is 12.9. The van der Waals surface area contributed by atoms with E-state index in [0.717, 1.165) is 11.0 Å². The van der Waals surface area contributed by atoms with Crippen molar-refractivity contribution in [2.45, 2.75) is 38.2 Å². The third-order valence-corrected chi connectivity index (χ3v) is 7.79. The smallest absolute Gasteiger partial charge is 0.309 e. The van der Waals surface area contributed by atoms with Gasteiger partial charge in [-0.3, -0.25) is 9.59 Å². The van der Waals surface area contributed by atoms with Gasteiger partial charge in [-0.15, -0.1) is 0 Å². The number of ketones is 1. The van der Waals surface area contributed by atoms with Gasteiger partial charge in [-0.2, -0.15) is 4.31 Å². The molecule has 1 aliphatic rings. The number of Topliss-reactive ketones (excluding diaryl/α,β-unsaturated/α-hetero) is 1. The quantitative estimate of drug-likeness (QED) is 0.404. The summed E-state index contributed by atoms with van der Waals surface area (Å²) >= 11 is 0. The molecule has 1 aromatic heterocycles. The van der Waals surface area contributed by atoms with Crippen LogP contribution in [0, 0.1) is 12.8 Å². The summed E-state index contributed by atoms with van der Waals surface area (Å²) in [5.41, 5.74) is 3.30.